The van der Waals surface area contributed by atoms with Crippen LogP contribution < -0.4 is 5.32 Å². The lowest BCUT2D eigenvalue weighted by Crippen LogP contribution is -2.52. The molecule has 1 aliphatic carbocycles. The molecule has 4 rings (SSSR count). The van der Waals surface area contributed by atoms with Gasteiger partial charge in [0, 0.05) is 70.7 Å². The number of hydrogen-bond donors (Lipinski definition) is 1. The summed E-state index contributed by atoms with van der Waals surface area (Å²) in [6, 6.07) is 0.496. The fraction of sp³-hybridized carbons (Fsp3) is 0.727. The summed E-state index contributed by atoms with van der Waals surface area (Å²) in [7, 11) is 0. The van der Waals surface area contributed by atoms with Crippen LogP contribution in [0.4, 0.5) is 9.93 Å². The topological polar surface area (TPSA) is 89.1 Å². The van der Waals surface area contributed by atoms with Crippen LogP contribution in [0.5, 0.6) is 0 Å². The third-order valence-electron chi connectivity index (χ3n) is 6.87. The van der Waals surface area contributed by atoms with Crippen molar-refractivity contribution in [2.24, 2.45) is 0 Å². The Kier molecular flexibility index (Phi) is 7.62. The molecule has 0 spiro atoms. The van der Waals surface area contributed by atoms with Crippen molar-refractivity contribution < 1.29 is 14.4 Å². The molecule has 0 atom stereocenters. The van der Waals surface area contributed by atoms with Crippen LogP contribution in [-0.4, -0.2) is 101 Å². The summed E-state index contributed by atoms with van der Waals surface area (Å²) in [6.07, 6.45) is 6.90. The molecule has 0 aromatic carbocycles. The maximum absolute atomic E-state index is 12.8. The number of thiazole rings is 1. The van der Waals surface area contributed by atoms with Crippen molar-refractivity contribution in [2.75, 3.05) is 57.7 Å². The normalized spacial score (nSPS) is 21.0. The number of carbonyl (C=O) groups is 3. The molecule has 1 saturated carbocycles. The van der Waals surface area contributed by atoms with Gasteiger partial charge in [-0.25, -0.2) is 9.78 Å². The molecule has 3 aliphatic rings. The van der Waals surface area contributed by atoms with E-state index in [1.54, 1.807) is 16.7 Å². The Morgan fingerprint density at radius 2 is 1.56 bits per heavy atom. The first-order valence-corrected chi connectivity index (χ1v) is 12.7. The summed E-state index contributed by atoms with van der Waals surface area (Å²) in [5.41, 5.74) is 0.700. The first kappa shape index (κ1) is 23.0. The number of rotatable bonds is 4. The largest absolute Gasteiger partial charge is 0.340 e. The summed E-state index contributed by atoms with van der Waals surface area (Å²) in [5.74, 6) is 0.145. The monoisotopic (exact) mass is 462 g/mol. The number of aromatic nitrogens is 1. The second kappa shape index (κ2) is 10.6. The predicted octanol–water partition coefficient (Wildman–Crippen LogP) is 1.86. The molecule has 32 heavy (non-hydrogen) atoms. The van der Waals surface area contributed by atoms with E-state index in [-0.39, 0.29) is 24.3 Å². The molecular weight excluding hydrogens is 428 g/mol. The lowest BCUT2D eigenvalue weighted by atomic mass is 9.94. The Hall–Kier alpha value is -2.20. The molecular formula is C22H34N6O3S. The maximum atomic E-state index is 12.8. The molecule has 0 bridgehead atoms. The number of nitrogens with zero attached hydrogens (tertiary/aromatic N) is 5. The van der Waals surface area contributed by atoms with Crippen molar-refractivity contribution in [3.8, 4) is 0 Å². The van der Waals surface area contributed by atoms with Gasteiger partial charge >= 0.3 is 6.03 Å². The molecule has 4 amide bonds. The molecule has 1 aromatic rings. The molecule has 3 fully saturated rings. The first-order valence-electron chi connectivity index (χ1n) is 11.8. The first-order chi connectivity index (χ1) is 15.5. The van der Waals surface area contributed by atoms with E-state index < -0.39 is 0 Å². The lowest BCUT2D eigenvalue weighted by molar-refractivity contribution is -0.132. The Morgan fingerprint density at radius 3 is 2.22 bits per heavy atom. The van der Waals surface area contributed by atoms with E-state index in [0.717, 1.165) is 26.2 Å². The van der Waals surface area contributed by atoms with Gasteiger partial charge in [-0.05, 0) is 12.8 Å². The number of piperazine rings is 2. The zero-order valence-electron chi connectivity index (χ0n) is 18.9. The van der Waals surface area contributed by atoms with E-state index in [1.165, 1.54) is 43.4 Å². The van der Waals surface area contributed by atoms with E-state index in [4.69, 9.17) is 0 Å². The highest BCUT2D eigenvalue weighted by Crippen LogP contribution is 2.24. The molecule has 3 heterocycles. The minimum Gasteiger partial charge on any atom is -0.340 e. The summed E-state index contributed by atoms with van der Waals surface area (Å²) in [5, 5.41) is 5.19. The summed E-state index contributed by atoms with van der Waals surface area (Å²) >= 11 is 1.34. The van der Waals surface area contributed by atoms with Crippen LogP contribution in [0.1, 0.15) is 44.7 Å². The number of urea groups is 1. The zero-order valence-corrected chi connectivity index (χ0v) is 19.7. The quantitative estimate of drug-likeness (QED) is 0.738. The Morgan fingerprint density at radius 1 is 0.938 bits per heavy atom. The molecule has 176 valence electrons. The molecule has 2 saturated heterocycles. The van der Waals surface area contributed by atoms with E-state index in [9.17, 15) is 14.4 Å². The van der Waals surface area contributed by atoms with Gasteiger partial charge in [0.25, 0.3) is 0 Å². The predicted molar refractivity (Wildman–Crippen MR) is 124 cm³/mol. The van der Waals surface area contributed by atoms with Crippen LogP contribution in [0.2, 0.25) is 0 Å². The van der Waals surface area contributed by atoms with Crippen molar-refractivity contribution >= 4 is 34.3 Å². The summed E-state index contributed by atoms with van der Waals surface area (Å²) < 4.78 is 0. The van der Waals surface area contributed by atoms with Gasteiger partial charge in [0.1, 0.15) is 0 Å². The van der Waals surface area contributed by atoms with Gasteiger partial charge in [-0.3, -0.25) is 19.8 Å². The Balaban J connectivity index is 1.21. The fourth-order valence-electron chi connectivity index (χ4n) is 4.89. The molecule has 0 radical (unpaired) electrons. The highest BCUT2D eigenvalue weighted by Gasteiger charge is 2.27. The average molecular weight is 463 g/mol. The van der Waals surface area contributed by atoms with Crippen molar-refractivity contribution in [2.45, 2.75) is 51.5 Å². The highest BCUT2D eigenvalue weighted by atomic mass is 32.1. The number of hydrogen-bond acceptors (Lipinski definition) is 6. The van der Waals surface area contributed by atoms with Gasteiger partial charge in [-0.15, -0.1) is 11.3 Å². The minimum absolute atomic E-state index is 0.0368. The van der Waals surface area contributed by atoms with Crippen LogP contribution in [0.3, 0.4) is 0 Å². The second-order valence-corrected chi connectivity index (χ2v) is 9.81. The fourth-order valence-corrected chi connectivity index (χ4v) is 5.59. The van der Waals surface area contributed by atoms with Crippen molar-refractivity contribution in [1.82, 2.24) is 24.6 Å². The summed E-state index contributed by atoms with van der Waals surface area (Å²) in [6.45, 7) is 7.17. The molecule has 9 nitrogen and oxygen atoms in total. The second-order valence-electron chi connectivity index (χ2n) is 8.95. The van der Waals surface area contributed by atoms with Crippen LogP contribution in [0, 0.1) is 0 Å². The number of anilines is 1. The van der Waals surface area contributed by atoms with Crippen LogP contribution in [-0.2, 0) is 16.0 Å². The highest BCUT2D eigenvalue weighted by molar-refractivity contribution is 7.13. The van der Waals surface area contributed by atoms with Gasteiger partial charge in [-0.2, -0.15) is 0 Å². The van der Waals surface area contributed by atoms with E-state index in [2.05, 4.69) is 15.2 Å². The van der Waals surface area contributed by atoms with Crippen LogP contribution in [0.25, 0.3) is 0 Å². The van der Waals surface area contributed by atoms with Gasteiger partial charge in [0.05, 0.1) is 12.1 Å². The average Bonchev–Trinajstić information content (AvgIpc) is 3.26. The van der Waals surface area contributed by atoms with Gasteiger partial charge in [-0.1, -0.05) is 19.3 Å². The number of amides is 4. The standard InChI is InChI=1S/C22H34N6O3S/c1-17(29)25-7-13-28(14-8-25)22(31)24-21-23-18(16-32-21)15-20(30)27-11-9-26(10-12-27)19-5-3-2-4-6-19/h16,19H,2-15H2,1H3,(H,23,24,31). The SMILES string of the molecule is CC(=O)N1CCN(C(=O)Nc2nc(CC(=O)N3CCN(C4CCCCC4)CC3)cs2)CC1. The molecule has 2 aliphatic heterocycles. The Bertz CT molecular complexity index is 808. The minimum atomic E-state index is -0.209. The van der Waals surface area contributed by atoms with E-state index >= 15 is 0 Å². The van der Waals surface area contributed by atoms with Crippen molar-refractivity contribution in [3.05, 3.63) is 11.1 Å². The molecule has 10 heteroatoms. The number of carbonyl (C=O) groups excluding carboxylic acids is 3. The molecule has 0 unspecified atom stereocenters. The van der Waals surface area contributed by atoms with Crippen LogP contribution in [0.15, 0.2) is 5.38 Å². The third-order valence-corrected chi connectivity index (χ3v) is 7.67. The van der Waals surface area contributed by atoms with E-state index in [0.29, 0.717) is 43.0 Å². The molecule has 1 N–H and O–H groups in total. The van der Waals surface area contributed by atoms with Gasteiger partial charge < -0.3 is 14.7 Å². The lowest BCUT2D eigenvalue weighted by Gasteiger charge is -2.40. The third kappa shape index (κ3) is 5.78. The zero-order chi connectivity index (χ0) is 22.5. The van der Waals surface area contributed by atoms with Gasteiger partial charge in [0.15, 0.2) is 5.13 Å². The Labute approximate surface area is 193 Å². The van der Waals surface area contributed by atoms with Gasteiger partial charge in [0.2, 0.25) is 11.8 Å². The number of nitrogens with one attached hydrogen (secondary N) is 1. The van der Waals surface area contributed by atoms with E-state index in [1.807, 2.05) is 10.3 Å². The smallest absolute Gasteiger partial charge is 0.323 e. The van der Waals surface area contributed by atoms with Crippen molar-refractivity contribution in [1.29, 1.82) is 0 Å². The maximum Gasteiger partial charge on any atom is 0.323 e. The van der Waals surface area contributed by atoms with Crippen molar-refractivity contribution in [3.63, 3.8) is 0 Å². The van der Waals surface area contributed by atoms with Crippen LogP contribution >= 0.6 is 11.3 Å². The summed E-state index contributed by atoms with van der Waals surface area (Å²) in [4.78, 5) is 49.1. The molecule has 1 aromatic heterocycles.